The number of hydrogen-bond acceptors (Lipinski definition) is 4. The van der Waals surface area contributed by atoms with Crippen molar-refractivity contribution in [3.63, 3.8) is 0 Å². The van der Waals surface area contributed by atoms with Crippen molar-refractivity contribution in [1.82, 2.24) is 0 Å². The summed E-state index contributed by atoms with van der Waals surface area (Å²) >= 11 is 0. The second-order valence-corrected chi connectivity index (χ2v) is 4.86. The Hall–Kier alpha value is -1.07. The van der Waals surface area contributed by atoms with E-state index in [1.165, 1.54) is 16.8 Å². The zero-order valence-corrected chi connectivity index (χ0v) is 8.80. The summed E-state index contributed by atoms with van der Waals surface area (Å²) in [7, 11) is -4.01. The quantitative estimate of drug-likeness (QED) is 0.418. The molecule has 1 heterocycles. The smallest absolute Gasteiger partial charge is 0.254 e. The lowest BCUT2D eigenvalue weighted by Gasteiger charge is -2.12. The highest BCUT2D eigenvalue weighted by Crippen LogP contribution is 2.37. The Kier molecular flexibility index (Phi) is 3.71. The average Bonchev–Trinajstić information content (AvgIpc) is 2.14. The molecule has 1 aromatic rings. The van der Waals surface area contributed by atoms with Gasteiger partial charge in [0.25, 0.3) is 5.91 Å². The maximum Gasteiger partial charge on any atom is 0.254 e. The third kappa shape index (κ3) is 4.31. The first-order valence-electron chi connectivity index (χ1n) is 4.22. The van der Waals surface area contributed by atoms with Gasteiger partial charge in [-0.1, -0.05) is 0 Å². The second kappa shape index (κ2) is 4.63. The molecule has 4 N–H and O–H groups in total. The van der Waals surface area contributed by atoms with Crippen molar-refractivity contribution in [1.29, 1.82) is 0 Å². The Balaban J connectivity index is 2.70. The van der Waals surface area contributed by atoms with Crippen LogP contribution in [0.5, 0.6) is 0 Å². The van der Waals surface area contributed by atoms with Crippen molar-refractivity contribution in [2.75, 3.05) is 6.16 Å². The molecule has 6 nitrogen and oxygen atoms in total. The fraction of sp³-hybridized carbons (Fsp3) is 0.250. The standard InChI is InChI=1S/C8H11N2O4P/c9-8(11)7-2-1-3-10(6-7)4-5-15(12,13)14/h1-3,6H,4-5H2,(H3-,9,11,12,13,14)/p+1. The fourth-order valence-corrected chi connectivity index (χ4v) is 1.54. The zero-order chi connectivity index (χ0) is 11.5. The van der Waals surface area contributed by atoms with Gasteiger partial charge in [0.2, 0.25) is 7.94 Å². The molecule has 0 radical (unpaired) electrons. The van der Waals surface area contributed by atoms with E-state index in [1.807, 2.05) is 0 Å². The van der Waals surface area contributed by atoms with Crippen LogP contribution in [0, 0.1) is 0 Å². The SMILES string of the molecule is NC(=O)c1ccc[n+](CC[P+]([O-])(O)O)c1. The van der Waals surface area contributed by atoms with Crippen LogP contribution in [0.4, 0.5) is 0 Å². The number of aryl methyl sites for hydroxylation is 1. The number of rotatable bonds is 4. The van der Waals surface area contributed by atoms with Crippen LogP contribution >= 0.6 is 7.94 Å². The Labute approximate surface area is 87.2 Å². The molecule has 0 atom stereocenters. The van der Waals surface area contributed by atoms with Gasteiger partial charge in [0.1, 0.15) is 5.56 Å². The molecule has 0 spiro atoms. The van der Waals surface area contributed by atoms with Crippen LogP contribution in [0.15, 0.2) is 24.5 Å². The Morgan fingerprint density at radius 2 is 2.27 bits per heavy atom. The van der Waals surface area contributed by atoms with Gasteiger partial charge in [-0.05, 0) is 6.07 Å². The van der Waals surface area contributed by atoms with E-state index in [9.17, 15) is 9.69 Å². The number of nitrogens with zero attached hydrogens (tertiary/aromatic N) is 1. The number of nitrogens with two attached hydrogens (primary N) is 1. The first kappa shape index (κ1) is 12.0. The van der Waals surface area contributed by atoms with Gasteiger partial charge in [-0.25, -0.2) is 14.4 Å². The van der Waals surface area contributed by atoms with Crippen LogP contribution in [0.2, 0.25) is 0 Å². The molecule has 0 saturated heterocycles. The summed E-state index contributed by atoms with van der Waals surface area (Å²) in [4.78, 5) is 38.7. The van der Waals surface area contributed by atoms with E-state index >= 15 is 0 Å². The number of carbonyl (C=O) groups excluding carboxylic acids is 1. The van der Waals surface area contributed by atoms with Crippen molar-refractivity contribution in [2.24, 2.45) is 5.73 Å². The zero-order valence-electron chi connectivity index (χ0n) is 7.91. The normalized spacial score (nSPS) is 11.4. The largest absolute Gasteiger partial charge is 0.632 e. The lowest BCUT2D eigenvalue weighted by Crippen LogP contribution is -2.37. The number of primary amides is 1. The van der Waals surface area contributed by atoms with Gasteiger partial charge in [-0.15, -0.1) is 0 Å². The molecule has 1 rings (SSSR count). The summed E-state index contributed by atoms with van der Waals surface area (Å²) in [6.07, 6.45) is 2.81. The number of aromatic nitrogens is 1. The van der Waals surface area contributed by atoms with E-state index in [2.05, 4.69) is 0 Å². The van der Waals surface area contributed by atoms with Gasteiger partial charge in [-0.3, -0.25) is 4.79 Å². The van der Waals surface area contributed by atoms with Gasteiger partial charge in [-0.2, -0.15) is 0 Å². The van der Waals surface area contributed by atoms with Gasteiger partial charge in [0, 0.05) is 6.07 Å². The van der Waals surface area contributed by atoms with Gasteiger partial charge < -0.3 is 10.6 Å². The maximum absolute atomic E-state index is 10.8. The molecule has 0 aliphatic rings. The minimum absolute atomic E-state index is 0.144. The molecular weight excluding hydrogens is 219 g/mol. The summed E-state index contributed by atoms with van der Waals surface area (Å²) in [5, 5.41) is 0. The molecule has 1 amide bonds. The monoisotopic (exact) mass is 231 g/mol. The minimum atomic E-state index is -4.01. The first-order valence-corrected chi connectivity index (χ1v) is 6.02. The topological polar surface area (TPSA) is 110 Å². The second-order valence-electron chi connectivity index (χ2n) is 3.08. The Morgan fingerprint density at radius 3 is 2.80 bits per heavy atom. The van der Waals surface area contributed by atoms with E-state index in [0.29, 0.717) is 5.56 Å². The third-order valence-electron chi connectivity index (χ3n) is 1.79. The lowest BCUT2D eigenvalue weighted by atomic mass is 10.3. The first-order chi connectivity index (χ1) is 6.88. The van der Waals surface area contributed by atoms with E-state index in [0.717, 1.165) is 0 Å². The molecule has 0 aliphatic heterocycles. The number of hydrogen-bond donors (Lipinski definition) is 3. The van der Waals surface area contributed by atoms with Gasteiger partial charge >= 0.3 is 0 Å². The summed E-state index contributed by atoms with van der Waals surface area (Å²) in [6, 6.07) is 3.14. The van der Waals surface area contributed by atoms with Crippen LogP contribution in [0.1, 0.15) is 10.4 Å². The van der Waals surface area contributed by atoms with Crippen molar-refractivity contribution in [2.45, 2.75) is 6.54 Å². The molecule has 7 heteroatoms. The van der Waals surface area contributed by atoms with Gasteiger partial charge in [0.05, 0.1) is 0 Å². The molecule has 1 aromatic heterocycles. The van der Waals surface area contributed by atoms with Crippen molar-refractivity contribution >= 4 is 13.9 Å². The fourth-order valence-electron chi connectivity index (χ4n) is 1.05. The molecular formula is C8H12N2O4P+. The number of pyridine rings is 1. The average molecular weight is 231 g/mol. The molecule has 0 fully saturated rings. The third-order valence-corrected chi connectivity index (χ3v) is 2.57. The van der Waals surface area contributed by atoms with Crippen molar-refractivity contribution in [3.05, 3.63) is 30.1 Å². The highest BCUT2D eigenvalue weighted by Gasteiger charge is 2.21. The molecule has 0 aromatic carbocycles. The summed E-state index contributed by atoms with van der Waals surface area (Å²) in [5.74, 6) is -0.569. The van der Waals surface area contributed by atoms with Crippen molar-refractivity contribution in [3.8, 4) is 0 Å². The van der Waals surface area contributed by atoms with Crippen molar-refractivity contribution < 1.29 is 24.0 Å². The Bertz CT molecular complexity index is 364. The highest BCUT2D eigenvalue weighted by atomic mass is 31.2. The van der Waals surface area contributed by atoms with Crippen LogP contribution in [0.3, 0.4) is 0 Å². The minimum Gasteiger partial charge on any atom is -0.632 e. The van der Waals surface area contributed by atoms with Crippen LogP contribution in [-0.2, 0) is 6.54 Å². The van der Waals surface area contributed by atoms with Crippen LogP contribution in [-0.4, -0.2) is 21.9 Å². The van der Waals surface area contributed by atoms with E-state index in [1.54, 1.807) is 12.3 Å². The molecule has 0 aliphatic carbocycles. The summed E-state index contributed by atoms with van der Waals surface area (Å²) in [5.41, 5.74) is 5.37. The Morgan fingerprint density at radius 1 is 1.60 bits per heavy atom. The number of carbonyl (C=O) groups is 1. The maximum atomic E-state index is 10.8. The van der Waals surface area contributed by atoms with Crippen LogP contribution < -0.4 is 15.2 Å². The predicted octanol–water partition coefficient (Wildman–Crippen LogP) is -1.82. The summed E-state index contributed by atoms with van der Waals surface area (Å²) in [6.45, 7) is 0.144. The summed E-state index contributed by atoms with van der Waals surface area (Å²) < 4.78 is 1.51. The van der Waals surface area contributed by atoms with Gasteiger partial charge in [0.15, 0.2) is 25.1 Å². The predicted molar refractivity (Wildman–Crippen MR) is 51.4 cm³/mol. The van der Waals surface area contributed by atoms with E-state index in [4.69, 9.17) is 15.5 Å². The molecule has 0 bridgehead atoms. The molecule has 15 heavy (non-hydrogen) atoms. The molecule has 82 valence electrons. The van der Waals surface area contributed by atoms with Crippen LogP contribution in [0.25, 0.3) is 0 Å². The van der Waals surface area contributed by atoms with E-state index in [-0.39, 0.29) is 12.7 Å². The number of amides is 1. The highest BCUT2D eigenvalue weighted by molar-refractivity contribution is 7.57. The lowest BCUT2D eigenvalue weighted by molar-refractivity contribution is -0.693. The molecule has 0 unspecified atom stereocenters. The molecule has 0 saturated carbocycles. The van der Waals surface area contributed by atoms with E-state index < -0.39 is 13.9 Å².